The van der Waals surface area contributed by atoms with Gasteiger partial charge in [-0.3, -0.25) is 0 Å². The molecule has 14 heavy (non-hydrogen) atoms. The molecule has 3 nitrogen and oxygen atoms in total. The summed E-state index contributed by atoms with van der Waals surface area (Å²) in [7, 11) is 0. The number of nitrogens with zero attached hydrogens (tertiary/aromatic N) is 1. The highest BCUT2D eigenvalue weighted by molar-refractivity contribution is 7.08. The Morgan fingerprint density at radius 2 is 2.29 bits per heavy atom. The monoisotopic (exact) mass is 205 g/mol. The van der Waals surface area contributed by atoms with Crippen molar-refractivity contribution in [3.05, 3.63) is 39.9 Å². The van der Waals surface area contributed by atoms with E-state index in [0.717, 1.165) is 15.9 Å². The first kappa shape index (κ1) is 9.02. The topological polar surface area (TPSA) is 53.0 Å². The molecule has 2 aromatic heterocycles. The minimum Gasteiger partial charge on any atom is -0.618 e. The van der Waals surface area contributed by atoms with E-state index in [-0.39, 0.29) is 0 Å². The molecule has 0 spiro atoms. The van der Waals surface area contributed by atoms with Crippen LogP contribution >= 0.6 is 11.3 Å². The molecule has 2 heterocycles. The number of pyridine rings is 1. The van der Waals surface area contributed by atoms with Gasteiger partial charge in [-0.25, -0.2) is 0 Å². The van der Waals surface area contributed by atoms with Crippen LogP contribution in [0.2, 0.25) is 0 Å². The Morgan fingerprint density at radius 3 is 2.86 bits per heavy atom. The van der Waals surface area contributed by atoms with Gasteiger partial charge in [0.1, 0.15) is 5.69 Å². The summed E-state index contributed by atoms with van der Waals surface area (Å²) in [6, 6.07) is 4.34. The van der Waals surface area contributed by atoms with E-state index in [9.17, 15) is 5.21 Å². The van der Waals surface area contributed by atoms with Crippen LogP contribution in [0.1, 0.15) is 5.56 Å². The molecule has 0 saturated heterocycles. The maximum absolute atomic E-state index is 11.5. The molecule has 0 bridgehead atoms. The lowest BCUT2D eigenvalue weighted by atomic mass is 10.1. The highest BCUT2D eigenvalue weighted by atomic mass is 32.1. The Balaban J connectivity index is 2.68. The minimum atomic E-state index is 0.393. The van der Waals surface area contributed by atoms with Gasteiger partial charge in [-0.15, -0.1) is 0 Å². The summed E-state index contributed by atoms with van der Waals surface area (Å²) in [5.74, 6) is 0. The fourth-order valence-corrected chi connectivity index (χ4v) is 2.16. The van der Waals surface area contributed by atoms with Crippen molar-refractivity contribution in [2.75, 3.05) is 5.73 Å². The summed E-state index contributed by atoms with van der Waals surface area (Å²) in [5, 5.41) is 15.4. The number of hydrogen-bond acceptors (Lipinski definition) is 3. The fraction of sp³-hybridized carbons (Fsp3) is 0.100. The van der Waals surface area contributed by atoms with Gasteiger partial charge in [0, 0.05) is 17.5 Å². The van der Waals surface area contributed by atoms with Gasteiger partial charge in [-0.2, -0.15) is 16.1 Å². The lowest BCUT2D eigenvalue weighted by Gasteiger charge is -2.05. The third-order valence-electron chi connectivity index (χ3n) is 2.03. The van der Waals surface area contributed by atoms with Crippen molar-refractivity contribution in [3.8, 4) is 11.3 Å². The van der Waals surface area contributed by atoms with Crippen molar-refractivity contribution in [2.24, 2.45) is 0 Å². The highest BCUT2D eigenvalue weighted by Crippen LogP contribution is 2.27. The van der Waals surface area contributed by atoms with Gasteiger partial charge in [-0.1, -0.05) is 0 Å². The predicted molar refractivity (Wildman–Crippen MR) is 56.7 cm³/mol. The Hall–Kier alpha value is -1.55. The van der Waals surface area contributed by atoms with Crippen LogP contribution in [0.4, 0.5) is 5.69 Å². The molecule has 0 aliphatic heterocycles. The Kier molecular flexibility index (Phi) is 2.13. The summed E-state index contributed by atoms with van der Waals surface area (Å²) in [6.07, 6.45) is 1.41. The molecule has 0 saturated carbocycles. The van der Waals surface area contributed by atoms with Gasteiger partial charge in [0.2, 0.25) is 5.69 Å². The molecule has 0 fully saturated rings. The molecule has 1 radical (unpaired) electrons. The first-order valence-electron chi connectivity index (χ1n) is 4.12. The van der Waals surface area contributed by atoms with E-state index in [0.29, 0.717) is 11.4 Å². The summed E-state index contributed by atoms with van der Waals surface area (Å²) >= 11 is 1.56. The van der Waals surface area contributed by atoms with Gasteiger partial charge in [-0.05, 0) is 17.9 Å². The molecule has 4 heteroatoms. The Morgan fingerprint density at radius 1 is 1.50 bits per heavy atom. The van der Waals surface area contributed by atoms with Crippen LogP contribution in [-0.2, 0) is 0 Å². The molecular formula is C10H9N2OS. The van der Waals surface area contributed by atoms with Crippen LogP contribution in [0.3, 0.4) is 0 Å². The smallest absolute Gasteiger partial charge is 0.248 e. The van der Waals surface area contributed by atoms with Crippen molar-refractivity contribution in [1.29, 1.82) is 0 Å². The normalized spacial score (nSPS) is 10.4. The first-order chi connectivity index (χ1) is 6.70. The lowest BCUT2D eigenvalue weighted by Crippen LogP contribution is -2.29. The highest BCUT2D eigenvalue weighted by Gasteiger charge is 2.15. The zero-order valence-electron chi connectivity index (χ0n) is 7.65. The lowest BCUT2D eigenvalue weighted by molar-refractivity contribution is -0.593. The molecule has 0 aromatic carbocycles. The van der Waals surface area contributed by atoms with E-state index >= 15 is 0 Å². The second-order valence-corrected chi connectivity index (χ2v) is 3.76. The van der Waals surface area contributed by atoms with Crippen molar-refractivity contribution in [2.45, 2.75) is 6.92 Å². The van der Waals surface area contributed by atoms with Crippen LogP contribution in [-0.4, -0.2) is 0 Å². The Labute approximate surface area is 86.0 Å². The number of anilines is 1. The van der Waals surface area contributed by atoms with E-state index in [1.54, 1.807) is 11.3 Å². The molecule has 0 amide bonds. The van der Waals surface area contributed by atoms with Gasteiger partial charge in [0.25, 0.3) is 0 Å². The number of nitrogen functional groups attached to an aromatic ring is 1. The van der Waals surface area contributed by atoms with E-state index in [1.165, 1.54) is 12.3 Å². The summed E-state index contributed by atoms with van der Waals surface area (Å²) in [6.45, 7) is 1.96. The number of rotatable bonds is 1. The van der Waals surface area contributed by atoms with E-state index in [1.807, 2.05) is 17.7 Å². The van der Waals surface area contributed by atoms with Crippen molar-refractivity contribution >= 4 is 17.0 Å². The first-order valence-corrected chi connectivity index (χ1v) is 5.07. The summed E-state index contributed by atoms with van der Waals surface area (Å²) < 4.78 is 0.779. The second-order valence-electron chi connectivity index (χ2n) is 3.02. The molecule has 0 atom stereocenters. The largest absolute Gasteiger partial charge is 0.618 e. The maximum Gasteiger partial charge on any atom is 0.248 e. The predicted octanol–water partition coefficient (Wildman–Crippen LogP) is 1.74. The molecule has 0 aliphatic rings. The third-order valence-corrected chi connectivity index (χ3v) is 2.90. The second kappa shape index (κ2) is 3.31. The zero-order chi connectivity index (χ0) is 10.1. The molecule has 2 rings (SSSR count). The fourth-order valence-electron chi connectivity index (χ4n) is 1.32. The summed E-state index contributed by atoms with van der Waals surface area (Å²) in [4.78, 5) is 0. The van der Waals surface area contributed by atoms with Crippen molar-refractivity contribution in [1.82, 2.24) is 0 Å². The number of aryl methyl sites for hydroxylation is 1. The van der Waals surface area contributed by atoms with Crippen molar-refractivity contribution < 1.29 is 4.73 Å². The van der Waals surface area contributed by atoms with Crippen LogP contribution < -0.4 is 10.5 Å². The average Bonchev–Trinajstić information content (AvgIpc) is 2.52. The summed E-state index contributed by atoms with van der Waals surface area (Å²) in [5.41, 5.74) is 8.54. The molecular weight excluding hydrogens is 196 g/mol. The van der Waals surface area contributed by atoms with E-state index in [2.05, 4.69) is 6.07 Å². The average molecular weight is 205 g/mol. The van der Waals surface area contributed by atoms with Crippen LogP contribution in [0.5, 0.6) is 0 Å². The molecule has 2 N–H and O–H groups in total. The van der Waals surface area contributed by atoms with Crippen LogP contribution in [0.15, 0.2) is 23.0 Å². The van der Waals surface area contributed by atoms with Crippen molar-refractivity contribution in [3.63, 3.8) is 0 Å². The van der Waals surface area contributed by atoms with Gasteiger partial charge in [0.15, 0.2) is 6.20 Å². The number of aromatic nitrogens is 1. The van der Waals surface area contributed by atoms with Crippen LogP contribution in [0.25, 0.3) is 11.3 Å². The third kappa shape index (κ3) is 1.33. The molecule has 0 aliphatic carbocycles. The standard InChI is InChI=1S/C10H9N2OS/c1-7-5-14-6-8(7)10-9(11)3-2-4-12(10)13/h2,4-6H,11H2,1H3. The van der Waals surface area contributed by atoms with Gasteiger partial charge >= 0.3 is 0 Å². The van der Waals surface area contributed by atoms with Crippen LogP contribution in [0, 0.1) is 18.2 Å². The SMILES string of the molecule is Cc1cscc1-c1c(N)[c]cc[n+]1[O-]. The van der Waals surface area contributed by atoms with E-state index in [4.69, 9.17) is 5.73 Å². The van der Waals surface area contributed by atoms with E-state index < -0.39 is 0 Å². The molecule has 0 unspecified atom stereocenters. The number of hydrogen-bond donors (Lipinski definition) is 1. The molecule has 71 valence electrons. The zero-order valence-corrected chi connectivity index (χ0v) is 8.47. The number of thiophene rings is 1. The molecule has 2 aromatic rings. The van der Waals surface area contributed by atoms with Gasteiger partial charge < -0.3 is 10.9 Å². The van der Waals surface area contributed by atoms with Gasteiger partial charge in [0.05, 0.1) is 5.56 Å². The minimum absolute atomic E-state index is 0.393. The maximum atomic E-state index is 11.5. The Bertz CT molecular complexity index is 445. The quantitative estimate of drug-likeness (QED) is 0.569. The number of nitrogens with two attached hydrogens (primary N) is 1.